The molecule has 0 radical (unpaired) electrons. The molecule has 0 spiro atoms. The number of methoxy groups -OCH3 is 2. The van der Waals surface area contributed by atoms with Crippen LogP contribution in [-0.2, 0) is 4.79 Å². The summed E-state index contributed by atoms with van der Waals surface area (Å²) in [5.74, 6) is 1.62. The molecule has 2 aromatic carbocycles. The lowest BCUT2D eigenvalue weighted by molar-refractivity contribution is -0.137. The van der Waals surface area contributed by atoms with Gasteiger partial charge in [0, 0.05) is 57.4 Å². The largest absolute Gasteiger partial charge is 0.497 e. The van der Waals surface area contributed by atoms with Crippen molar-refractivity contribution < 1.29 is 24.2 Å². The zero-order valence-electron chi connectivity index (χ0n) is 22.3. The number of aliphatic hydroxyl groups is 1. The molecular formula is C29H38N4O5. The van der Waals surface area contributed by atoms with Crippen molar-refractivity contribution >= 4 is 17.5 Å². The first-order valence-corrected chi connectivity index (χ1v) is 13.5. The van der Waals surface area contributed by atoms with E-state index in [2.05, 4.69) is 15.9 Å². The van der Waals surface area contributed by atoms with Crippen molar-refractivity contribution in [2.75, 3.05) is 64.9 Å². The van der Waals surface area contributed by atoms with E-state index in [0.717, 1.165) is 37.4 Å². The molecule has 3 fully saturated rings. The van der Waals surface area contributed by atoms with Crippen molar-refractivity contribution in [1.29, 1.82) is 0 Å². The fraction of sp³-hybridized carbons (Fsp3) is 0.517. The minimum absolute atomic E-state index is 0.00403. The number of benzene rings is 2. The number of aliphatic hydroxyl groups excluding tert-OH is 1. The van der Waals surface area contributed by atoms with Crippen LogP contribution in [0.1, 0.15) is 29.6 Å². The smallest absolute Gasteiger partial charge is 0.253 e. The Kier molecular flexibility index (Phi) is 8.04. The number of ether oxygens (including phenoxy) is 2. The average Bonchev–Trinajstić information content (AvgIpc) is 3.38. The third-order valence-electron chi connectivity index (χ3n) is 8.16. The highest BCUT2D eigenvalue weighted by Crippen LogP contribution is 2.31. The summed E-state index contributed by atoms with van der Waals surface area (Å²) in [7, 11) is 3.27. The number of piperazine rings is 1. The van der Waals surface area contributed by atoms with Gasteiger partial charge in [-0.15, -0.1) is 0 Å². The van der Waals surface area contributed by atoms with Crippen LogP contribution in [0.4, 0.5) is 5.69 Å². The van der Waals surface area contributed by atoms with Gasteiger partial charge in [0.25, 0.3) is 5.91 Å². The summed E-state index contributed by atoms with van der Waals surface area (Å²) in [6.45, 7) is 4.54. The number of amides is 2. The van der Waals surface area contributed by atoms with Gasteiger partial charge in [-0.05, 0) is 49.6 Å². The monoisotopic (exact) mass is 522 g/mol. The third kappa shape index (κ3) is 5.44. The van der Waals surface area contributed by atoms with Gasteiger partial charge in [0.15, 0.2) is 0 Å². The highest BCUT2D eigenvalue weighted by atomic mass is 16.5. The van der Waals surface area contributed by atoms with E-state index >= 15 is 0 Å². The number of piperidine rings is 1. The van der Waals surface area contributed by atoms with Crippen LogP contribution in [0.15, 0.2) is 48.5 Å². The fourth-order valence-electron chi connectivity index (χ4n) is 6.09. The van der Waals surface area contributed by atoms with E-state index in [1.165, 1.54) is 0 Å². The van der Waals surface area contributed by atoms with Crippen molar-refractivity contribution in [3.63, 3.8) is 0 Å². The van der Waals surface area contributed by atoms with Crippen LogP contribution < -0.4 is 14.4 Å². The van der Waals surface area contributed by atoms with E-state index in [1.54, 1.807) is 20.3 Å². The summed E-state index contributed by atoms with van der Waals surface area (Å²) in [6, 6.07) is 15.1. The second-order valence-corrected chi connectivity index (χ2v) is 10.3. The van der Waals surface area contributed by atoms with Crippen LogP contribution in [0.5, 0.6) is 11.5 Å². The molecule has 204 valence electrons. The Morgan fingerprint density at radius 3 is 2.32 bits per heavy atom. The third-order valence-corrected chi connectivity index (χ3v) is 8.16. The highest BCUT2D eigenvalue weighted by Gasteiger charge is 2.43. The van der Waals surface area contributed by atoms with E-state index in [-0.39, 0.29) is 23.9 Å². The molecule has 3 aliphatic heterocycles. The molecule has 38 heavy (non-hydrogen) atoms. The molecule has 3 saturated heterocycles. The number of β-amino-alcohol motifs (C(OH)–C–C–N with tert-alkyl or cyclic N) is 1. The number of carbonyl (C=O) groups excluding carboxylic acids is 2. The number of likely N-dealkylation sites (tertiary alicyclic amines) is 2. The molecule has 0 saturated carbocycles. The molecule has 2 amide bonds. The quantitative estimate of drug-likeness (QED) is 0.622. The summed E-state index contributed by atoms with van der Waals surface area (Å²) in [4.78, 5) is 35.0. The van der Waals surface area contributed by atoms with Gasteiger partial charge in [0.05, 0.1) is 32.1 Å². The Hall–Kier alpha value is -3.30. The number of anilines is 1. The predicted octanol–water partition coefficient (Wildman–Crippen LogP) is 2.09. The second kappa shape index (κ2) is 11.6. The van der Waals surface area contributed by atoms with E-state index in [0.29, 0.717) is 50.5 Å². The summed E-state index contributed by atoms with van der Waals surface area (Å²) in [5, 5.41) is 10.5. The van der Waals surface area contributed by atoms with Gasteiger partial charge < -0.3 is 29.3 Å². The summed E-state index contributed by atoms with van der Waals surface area (Å²) in [5.41, 5.74) is 1.68. The van der Waals surface area contributed by atoms with Crippen LogP contribution in [0, 0.1) is 0 Å². The number of nitrogens with zero attached hydrogens (tertiary/aromatic N) is 4. The van der Waals surface area contributed by atoms with Crippen molar-refractivity contribution in [2.45, 2.75) is 37.5 Å². The first kappa shape index (κ1) is 26.3. The van der Waals surface area contributed by atoms with Crippen LogP contribution in [0.3, 0.4) is 0 Å². The first-order chi connectivity index (χ1) is 18.5. The lowest BCUT2D eigenvalue weighted by Gasteiger charge is -2.42. The summed E-state index contributed by atoms with van der Waals surface area (Å²) < 4.78 is 10.8. The molecular weight excluding hydrogens is 484 g/mol. The zero-order chi connectivity index (χ0) is 26.6. The second-order valence-electron chi connectivity index (χ2n) is 10.3. The van der Waals surface area contributed by atoms with Crippen LogP contribution in [0.2, 0.25) is 0 Å². The van der Waals surface area contributed by atoms with E-state index in [1.807, 2.05) is 46.2 Å². The molecule has 1 N–H and O–H groups in total. The number of para-hydroxylation sites is 2. The molecule has 0 aliphatic carbocycles. The van der Waals surface area contributed by atoms with Crippen molar-refractivity contribution in [2.24, 2.45) is 0 Å². The van der Waals surface area contributed by atoms with Gasteiger partial charge in [-0.2, -0.15) is 0 Å². The minimum atomic E-state index is -0.504. The number of hydrogen-bond acceptors (Lipinski definition) is 7. The van der Waals surface area contributed by atoms with Crippen molar-refractivity contribution in [3.05, 3.63) is 54.1 Å². The Morgan fingerprint density at radius 1 is 0.868 bits per heavy atom. The molecule has 0 unspecified atom stereocenters. The molecule has 5 rings (SSSR count). The van der Waals surface area contributed by atoms with E-state index in [4.69, 9.17) is 9.47 Å². The van der Waals surface area contributed by atoms with Crippen molar-refractivity contribution in [1.82, 2.24) is 14.7 Å². The molecule has 9 nitrogen and oxygen atoms in total. The lowest BCUT2D eigenvalue weighted by atomic mass is 10.0. The average molecular weight is 523 g/mol. The maximum atomic E-state index is 13.6. The minimum Gasteiger partial charge on any atom is -0.497 e. The SMILES string of the molecule is COc1cccc(C(=O)N2CCC(N3C[C@H](O)C[C@H]3C(=O)N3CCN(c4ccccc4OC)CC3)CC2)c1. The van der Waals surface area contributed by atoms with Gasteiger partial charge in [-0.3, -0.25) is 14.5 Å². The summed E-state index contributed by atoms with van der Waals surface area (Å²) >= 11 is 0. The van der Waals surface area contributed by atoms with Gasteiger partial charge in [0.2, 0.25) is 5.91 Å². The maximum absolute atomic E-state index is 13.6. The van der Waals surface area contributed by atoms with Crippen molar-refractivity contribution in [3.8, 4) is 11.5 Å². The number of hydrogen-bond donors (Lipinski definition) is 1. The van der Waals surface area contributed by atoms with Gasteiger partial charge in [0.1, 0.15) is 11.5 Å². The molecule has 9 heteroatoms. The van der Waals surface area contributed by atoms with Gasteiger partial charge >= 0.3 is 0 Å². The van der Waals surface area contributed by atoms with E-state index in [9.17, 15) is 14.7 Å². The Balaban J connectivity index is 1.18. The topological polar surface area (TPSA) is 85.8 Å². The first-order valence-electron chi connectivity index (χ1n) is 13.5. The van der Waals surface area contributed by atoms with Crippen LogP contribution >= 0.6 is 0 Å². The van der Waals surface area contributed by atoms with Gasteiger partial charge in [-0.25, -0.2) is 0 Å². The van der Waals surface area contributed by atoms with Gasteiger partial charge in [-0.1, -0.05) is 18.2 Å². The summed E-state index contributed by atoms with van der Waals surface area (Å²) in [6.07, 6.45) is 1.53. The predicted molar refractivity (Wildman–Crippen MR) is 145 cm³/mol. The van der Waals surface area contributed by atoms with E-state index < -0.39 is 6.10 Å². The number of rotatable bonds is 6. The molecule has 3 aliphatic rings. The Labute approximate surface area is 224 Å². The molecule has 0 bridgehead atoms. The maximum Gasteiger partial charge on any atom is 0.253 e. The molecule has 0 aromatic heterocycles. The highest BCUT2D eigenvalue weighted by molar-refractivity contribution is 5.94. The Morgan fingerprint density at radius 2 is 1.61 bits per heavy atom. The zero-order valence-corrected chi connectivity index (χ0v) is 22.3. The molecule has 3 heterocycles. The van der Waals surface area contributed by atoms with Crippen LogP contribution in [0.25, 0.3) is 0 Å². The normalized spacial score (nSPS) is 23.0. The Bertz CT molecular complexity index is 1130. The molecule has 2 atom stereocenters. The lowest BCUT2D eigenvalue weighted by Crippen LogP contribution is -2.56. The molecule has 2 aromatic rings. The fourth-order valence-corrected chi connectivity index (χ4v) is 6.09. The standard InChI is InChI=1S/C29H38N4O5/c1-37-24-7-5-6-21(18-24)28(35)31-12-10-22(11-13-31)33-20-23(34)19-26(33)29(36)32-16-14-30(15-17-32)25-8-3-4-9-27(25)38-2/h3-9,18,22-23,26,34H,10-17,19-20H2,1-2H3/t23-,26+/m1/s1. The number of carbonyl (C=O) groups is 2. The van der Waals surface area contributed by atoms with Crippen LogP contribution in [-0.4, -0.2) is 110 Å².